The molecule has 0 heterocycles. The van der Waals surface area contributed by atoms with E-state index in [1.54, 1.807) is 7.11 Å². The molecule has 1 aromatic rings. The van der Waals surface area contributed by atoms with Gasteiger partial charge in [0.05, 0.1) is 21.7 Å². The van der Waals surface area contributed by atoms with Crippen LogP contribution in [0.2, 0.25) is 0 Å². The molecule has 0 radical (unpaired) electrons. The monoisotopic (exact) mass is 405 g/mol. The first kappa shape index (κ1) is 16.3. The van der Waals surface area contributed by atoms with Crippen molar-refractivity contribution in [2.24, 2.45) is 0 Å². The van der Waals surface area contributed by atoms with Crippen molar-refractivity contribution < 1.29 is 9.84 Å². The van der Waals surface area contributed by atoms with E-state index in [0.29, 0.717) is 6.54 Å². The molecule has 2 rings (SSSR count). The summed E-state index contributed by atoms with van der Waals surface area (Å²) in [6.45, 7) is 1.40. The molecular formula is C15H21Br2NO2. The minimum Gasteiger partial charge on any atom is -0.494 e. The molecule has 0 amide bonds. The molecule has 2 N–H and O–H groups in total. The Morgan fingerprint density at radius 2 is 1.80 bits per heavy atom. The highest BCUT2D eigenvalue weighted by molar-refractivity contribution is 9.11. The van der Waals surface area contributed by atoms with Crippen LogP contribution in [0.25, 0.3) is 0 Å². The predicted molar refractivity (Wildman–Crippen MR) is 88.1 cm³/mol. The van der Waals surface area contributed by atoms with Crippen LogP contribution in [0.15, 0.2) is 21.1 Å². The lowest BCUT2D eigenvalue weighted by Crippen LogP contribution is -2.41. The molecule has 0 aromatic heterocycles. The SMILES string of the molecule is COc1c(Br)cc(CNCC2(O)CCCCC2)cc1Br. The van der Waals surface area contributed by atoms with Gasteiger partial charge in [-0.05, 0) is 62.4 Å². The van der Waals surface area contributed by atoms with E-state index in [2.05, 4.69) is 37.2 Å². The van der Waals surface area contributed by atoms with Crippen molar-refractivity contribution in [1.82, 2.24) is 5.32 Å². The Bertz CT molecular complexity index is 436. The third-order valence-electron chi connectivity index (χ3n) is 3.83. The Kier molecular flexibility index (Phi) is 5.90. The molecule has 112 valence electrons. The second-order valence-electron chi connectivity index (χ2n) is 5.48. The number of rotatable bonds is 5. The van der Waals surface area contributed by atoms with E-state index in [1.807, 2.05) is 12.1 Å². The highest BCUT2D eigenvalue weighted by Crippen LogP contribution is 2.34. The Labute approximate surface area is 137 Å². The summed E-state index contributed by atoms with van der Waals surface area (Å²) in [5.74, 6) is 0.805. The molecule has 5 heteroatoms. The van der Waals surface area contributed by atoms with E-state index in [9.17, 15) is 5.11 Å². The van der Waals surface area contributed by atoms with Crippen LogP contribution in [-0.2, 0) is 6.54 Å². The van der Waals surface area contributed by atoms with E-state index in [-0.39, 0.29) is 0 Å². The van der Waals surface area contributed by atoms with Gasteiger partial charge in [-0.3, -0.25) is 0 Å². The highest BCUT2D eigenvalue weighted by Gasteiger charge is 2.28. The molecule has 20 heavy (non-hydrogen) atoms. The van der Waals surface area contributed by atoms with Crippen molar-refractivity contribution in [3.05, 3.63) is 26.6 Å². The number of halogens is 2. The predicted octanol–water partition coefficient (Wildman–Crippen LogP) is 4.01. The second kappa shape index (κ2) is 7.25. The van der Waals surface area contributed by atoms with Gasteiger partial charge >= 0.3 is 0 Å². The summed E-state index contributed by atoms with van der Waals surface area (Å²) in [4.78, 5) is 0. The van der Waals surface area contributed by atoms with Gasteiger partial charge in [0.1, 0.15) is 5.75 Å². The summed E-state index contributed by atoms with van der Waals surface area (Å²) in [6.07, 6.45) is 5.35. The number of benzene rings is 1. The zero-order valence-corrected chi connectivity index (χ0v) is 14.9. The zero-order chi connectivity index (χ0) is 14.6. The van der Waals surface area contributed by atoms with E-state index < -0.39 is 5.60 Å². The largest absolute Gasteiger partial charge is 0.494 e. The van der Waals surface area contributed by atoms with Crippen LogP contribution in [-0.4, -0.2) is 24.4 Å². The molecule has 0 aliphatic heterocycles. The maximum Gasteiger partial charge on any atom is 0.147 e. The lowest BCUT2D eigenvalue weighted by Gasteiger charge is -2.32. The third kappa shape index (κ3) is 4.20. The molecule has 0 saturated heterocycles. The highest BCUT2D eigenvalue weighted by atomic mass is 79.9. The molecule has 1 aliphatic rings. The van der Waals surface area contributed by atoms with Crippen LogP contribution >= 0.6 is 31.9 Å². The van der Waals surface area contributed by atoms with Crippen LogP contribution in [0.4, 0.5) is 0 Å². The van der Waals surface area contributed by atoms with Crippen LogP contribution in [0, 0.1) is 0 Å². The van der Waals surface area contributed by atoms with E-state index >= 15 is 0 Å². The molecule has 1 aliphatic carbocycles. The van der Waals surface area contributed by atoms with Crippen LogP contribution in [0.5, 0.6) is 5.75 Å². The number of nitrogens with one attached hydrogen (secondary N) is 1. The van der Waals surface area contributed by atoms with Crippen LogP contribution in [0.1, 0.15) is 37.7 Å². The van der Waals surface area contributed by atoms with Crippen molar-refractivity contribution in [3.8, 4) is 5.75 Å². The van der Waals surface area contributed by atoms with Crippen molar-refractivity contribution in [3.63, 3.8) is 0 Å². The average Bonchev–Trinajstić information content (AvgIpc) is 2.39. The van der Waals surface area contributed by atoms with Crippen molar-refractivity contribution >= 4 is 31.9 Å². The third-order valence-corrected chi connectivity index (χ3v) is 5.01. The number of ether oxygens (including phenoxy) is 1. The maximum atomic E-state index is 10.4. The quantitative estimate of drug-likeness (QED) is 0.776. The van der Waals surface area contributed by atoms with E-state index in [1.165, 1.54) is 6.42 Å². The number of methoxy groups -OCH3 is 1. The lowest BCUT2D eigenvalue weighted by molar-refractivity contribution is 0.00467. The van der Waals surface area contributed by atoms with Crippen molar-refractivity contribution in [2.45, 2.75) is 44.2 Å². The summed E-state index contributed by atoms with van der Waals surface area (Å²) >= 11 is 7.01. The van der Waals surface area contributed by atoms with Crippen molar-refractivity contribution in [2.75, 3.05) is 13.7 Å². The number of hydrogen-bond donors (Lipinski definition) is 2. The van der Waals surface area contributed by atoms with Gasteiger partial charge in [-0.1, -0.05) is 19.3 Å². The molecule has 0 atom stereocenters. The molecule has 1 saturated carbocycles. The molecule has 0 bridgehead atoms. The first-order valence-electron chi connectivity index (χ1n) is 6.99. The molecular weight excluding hydrogens is 386 g/mol. The van der Waals surface area contributed by atoms with Gasteiger partial charge in [0.25, 0.3) is 0 Å². The summed E-state index contributed by atoms with van der Waals surface area (Å²) in [5, 5.41) is 13.8. The van der Waals surface area contributed by atoms with Gasteiger partial charge in [-0.2, -0.15) is 0 Å². The zero-order valence-electron chi connectivity index (χ0n) is 11.7. The number of aliphatic hydroxyl groups is 1. The minimum atomic E-state index is -0.515. The molecule has 0 spiro atoms. The smallest absolute Gasteiger partial charge is 0.147 e. The normalized spacial score (nSPS) is 18.0. The van der Waals surface area contributed by atoms with Gasteiger partial charge in [-0.25, -0.2) is 0 Å². The fourth-order valence-corrected chi connectivity index (χ4v) is 4.34. The Balaban J connectivity index is 1.91. The molecule has 0 unspecified atom stereocenters. The Morgan fingerprint density at radius 3 is 2.35 bits per heavy atom. The van der Waals surface area contributed by atoms with Gasteiger partial charge in [0.15, 0.2) is 0 Å². The number of hydrogen-bond acceptors (Lipinski definition) is 3. The summed E-state index contributed by atoms with van der Waals surface area (Å²) < 4.78 is 7.16. The van der Waals surface area contributed by atoms with Gasteiger partial charge in [0.2, 0.25) is 0 Å². The van der Waals surface area contributed by atoms with Gasteiger partial charge in [0, 0.05) is 13.1 Å². The van der Waals surface area contributed by atoms with E-state index in [0.717, 1.165) is 52.5 Å². The van der Waals surface area contributed by atoms with E-state index in [4.69, 9.17) is 4.74 Å². The lowest BCUT2D eigenvalue weighted by atomic mass is 9.85. The minimum absolute atomic E-state index is 0.515. The topological polar surface area (TPSA) is 41.5 Å². The standard InChI is InChI=1S/C15H21Br2NO2/c1-20-14-12(16)7-11(8-13(14)17)9-18-10-15(19)5-3-2-4-6-15/h7-8,18-19H,2-6,9-10H2,1H3. The summed E-state index contributed by atoms with van der Waals surface area (Å²) in [5.41, 5.74) is 0.642. The van der Waals surface area contributed by atoms with Crippen molar-refractivity contribution in [1.29, 1.82) is 0 Å². The Morgan fingerprint density at radius 1 is 1.20 bits per heavy atom. The van der Waals surface area contributed by atoms with Gasteiger partial charge < -0.3 is 15.2 Å². The summed E-state index contributed by atoms with van der Waals surface area (Å²) in [7, 11) is 1.65. The molecule has 3 nitrogen and oxygen atoms in total. The maximum absolute atomic E-state index is 10.4. The van der Waals surface area contributed by atoms with Gasteiger partial charge in [-0.15, -0.1) is 0 Å². The summed E-state index contributed by atoms with van der Waals surface area (Å²) in [6, 6.07) is 4.09. The second-order valence-corrected chi connectivity index (χ2v) is 7.19. The average molecular weight is 407 g/mol. The first-order chi connectivity index (χ1) is 9.54. The molecule has 1 aromatic carbocycles. The Hall–Kier alpha value is -0.100. The van der Waals surface area contributed by atoms with Crippen LogP contribution < -0.4 is 10.1 Å². The molecule has 1 fully saturated rings. The first-order valence-corrected chi connectivity index (χ1v) is 8.58. The fraction of sp³-hybridized carbons (Fsp3) is 0.600. The van der Waals surface area contributed by atoms with Crippen LogP contribution in [0.3, 0.4) is 0 Å². The fourth-order valence-electron chi connectivity index (χ4n) is 2.74.